The first-order chi connectivity index (χ1) is 11.8. The third kappa shape index (κ3) is 3.65. The molecule has 2 fully saturated rings. The van der Waals surface area contributed by atoms with Gasteiger partial charge in [-0.3, -0.25) is 14.1 Å². The zero-order valence-corrected chi connectivity index (χ0v) is 13.6. The summed E-state index contributed by atoms with van der Waals surface area (Å²) in [5.74, 6) is -0.878. The Morgan fingerprint density at radius 2 is 2.16 bits per heavy atom. The summed E-state index contributed by atoms with van der Waals surface area (Å²) in [6, 6.07) is -0.794. The van der Waals surface area contributed by atoms with E-state index in [2.05, 4.69) is 9.60 Å². The Morgan fingerprint density at radius 1 is 1.40 bits per heavy atom. The number of amides is 3. The quantitative estimate of drug-likeness (QED) is 0.505. The lowest BCUT2D eigenvalue weighted by Gasteiger charge is -2.29. The van der Waals surface area contributed by atoms with Crippen LogP contribution in [0.2, 0.25) is 0 Å². The zero-order valence-electron chi connectivity index (χ0n) is 12.8. The lowest BCUT2D eigenvalue weighted by Crippen LogP contribution is -2.50. The normalized spacial score (nSPS) is 23.0. The predicted octanol–water partition coefficient (Wildman–Crippen LogP) is -0.418. The van der Waals surface area contributed by atoms with Crippen molar-refractivity contribution in [2.75, 3.05) is 13.1 Å². The summed E-state index contributed by atoms with van der Waals surface area (Å²) < 4.78 is 39.4. The van der Waals surface area contributed by atoms with Crippen molar-refractivity contribution in [3.8, 4) is 0 Å². The van der Waals surface area contributed by atoms with Gasteiger partial charge in [0.1, 0.15) is 12.3 Å². The van der Waals surface area contributed by atoms with Crippen LogP contribution in [0.3, 0.4) is 0 Å². The number of furan rings is 1. The van der Waals surface area contributed by atoms with Crippen LogP contribution >= 0.6 is 0 Å². The van der Waals surface area contributed by atoms with Crippen molar-refractivity contribution in [3.63, 3.8) is 0 Å². The van der Waals surface area contributed by atoms with Gasteiger partial charge in [0.05, 0.1) is 24.4 Å². The van der Waals surface area contributed by atoms with Crippen molar-refractivity contribution >= 4 is 28.1 Å². The van der Waals surface area contributed by atoms with Crippen LogP contribution in [0.25, 0.3) is 0 Å². The number of hydroxylamine groups is 2. The van der Waals surface area contributed by atoms with E-state index >= 15 is 0 Å². The van der Waals surface area contributed by atoms with E-state index in [0.29, 0.717) is 17.0 Å². The third-order valence-corrected chi connectivity index (χ3v) is 4.42. The van der Waals surface area contributed by atoms with Gasteiger partial charge in [0.2, 0.25) is 5.91 Å². The summed E-state index contributed by atoms with van der Waals surface area (Å²) in [6.45, 7) is -0.173. The van der Waals surface area contributed by atoms with Gasteiger partial charge >= 0.3 is 16.4 Å². The Kier molecular flexibility index (Phi) is 4.49. The Bertz CT molecular complexity index is 790. The van der Waals surface area contributed by atoms with Gasteiger partial charge in [-0.1, -0.05) is 0 Å². The van der Waals surface area contributed by atoms with E-state index < -0.39 is 34.4 Å². The van der Waals surface area contributed by atoms with Crippen molar-refractivity contribution in [1.29, 1.82) is 0 Å². The number of piperidine rings is 1. The summed E-state index contributed by atoms with van der Waals surface area (Å²) >= 11 is 0. The summed E-state index contributed by atoms with van der Waals surface area (Å²) in [5, 5.41) is 3.01. The highest BCUT2D eigenvalue weighted by Crippen LogP contribution is 2.30. The van der Waals surface area contributed by atoms with Crippen molar-refractivity contribution in [2.24, 2.45) is 0 Å². The minimum Gasteiger partial charge on any atom is -0.472 e. The van der Waals surface area contributed by atoms with Crippen LogP contribution in [0.5, 0.6) is 0 Å². The first kappa shape index (κ1) is 17.4. The Labute approximate surface area is 142 Å². The number of fused-ring (bicyclic) bond motifs is 2. The molecule has 12 heteroatoms. The van der Waals surface area contributed by atoms with E-state index in [4.69, 9.17) is 8.97 Å². The molecule has 3 amide bonds. The number of urea groups is 1. The lowest BCUT2D eigenvalue weighted by atomic mass is 10.0. The van der Waals surface area contributed by atoms with Gasteiger partial charge in [0.15, 0.2) is 5.78 Å². The van der Waals surface area contributed by atoms with Crippen molar-refractivity contribution in [2.45, 2.75) is 24.9 Å². The van der Waals surface area contributed by atoms with Gasteiger partial charge in [-0.2, -0.15) is 13.5 Å². The second kappa shape index (κ2) is 6.46. The zero-order chi connectivity index (χ0) is 18.2. The number of carbonyl (C=O) groups excluding carboxylic acids is 3. The predicted molar refractivity (Wildman–Crippen MR) is 79.4 cm³/mol. The second-order valence-electron chi connectivity index (χ2n) is 5.66. The molecule has 0 aliphatic carbocycles. The maximum atomic E-state index is 12.3. The fourth-order valence-corrected chi connectivity index (χ4v) is 3.30. The van der Waals surface area contributed by atoms with Gasteiger partial charge in [0, 0.05) is 6.54 Å². The summed E-state index contributed by atoms with van der Waals surface area (Å²) in [5.41, 5.74) is 0.314. The number of rotatable bonds is 6. The SMILES string of the molecule is O=C(CNC(=O)[C@@H]1CC[C@@H]2CN1C(=O)N2OS(=O)(=O)O)c1ccoc1. The number of nitrogens with zero attached hydrogens (tertiary/aromatic N) is 2. The molecule has 0 aromatic carbocycles. The van der Waals surface area contributed by atoms with E-state index in [1.807, 2.05) is 0 Å². The molecule has 1 aromatic rings. The van der Waals surface area contributed by atoms with Crippen LogP contribution in [-0.4, -0.2) is 65.8 Å². The summed E-state index contributed by atoms with van der Waals surface area (Å²) in [6.07, 6.45) is 3.18. The fourth-order valence-electron chi connectivity index (χ4n) is 2.91. The highest BCUT2D eigenvalue weighted by Gasteiger charge is 2.49. The molecular weight excluding hydrogens is 358 g/mol. The highest BCUT2D eigenvalue weighted by molar-refractivity contribution is 7.80. The number of ketones is 1. The maximum absolute atomic E-state index is 12.3. The Morgan fingerprint density at radius 3 is 2.80 bits per heavy atom. The minimum absolute atomic E-state index is 0.0854. The van der Waals surface area contributed by atoms with Crippen molar-refractivity contribution < 1.29 is 36.1 Å². The summed E-state index contributed by atoms with van der Waals surface area (Å²) in [7, 11) is -4.84. The smallest absolute Gasteiger partial charge is 0.418 e. The molecule has 25 heavy (non-hydrogen) atoms. The topological polar surface area (TPSA) is 146 Å². The Hall–Kier alpha value is -2.44. The average Bonchev–Trinajstić information content (AvgIpc) is 3.16. The number of Topliss-reactive ketones (excluding diaryl/α,β-unsaturated/α-hetero) is 1. The molecule has 0 radical (unpaired) electrons. The van der Waals surface area contributed by atoms with Crippen LogP contribution < -0.4 is 5.32 Å². The lowest BCUT2D eigenvalue weighted by molar-refractivity contribution is -0.125. The van der Waals surface area contributed by atoms with E-state index in [1.54, 1.807) is 0 Å². The van der Waals surface area contributed by atoms with Crippen LogP contribution in [0, 0.1) is 0 Å². The third-order valence-electron chi connectivity index (χ3n) is 4.07. The number of hydrogen-bond donors (Lipinski definition) is 2. The monoisotopic (exact) mass is 373 g/mol. The van der Waals surface area contributed by atoms with Gasteiger partial charge in [-0.05, 0) is 18.9 Å². The first-order valence-electron chi connectivity index (χ1n) is 7.36. The molecule has 2 saturated heterocycles. The standard InChI is InChI=1S/C13H15N3O8S/c17-11(8-3-4-23-7-8)5-14-12(18)10-2-1-9-6-15(10)13(19)16(9)24-25(20,21)22/h3-4,7,9-10H,1-2,5-6H2,(H,14,18)(H,20,21,22)/t9-,10+/m1/s1. The first-order valence-corrected chi connectivity index (χ1v) is 8.73. The van der Waals surface area contributed by atoms with Gasteiger partial charge in [0.25, 0.3) is 0 Å². The largest absolute Gasteiger partial charge is 0.472 e. The van der Waals surface area contributed by atoms with Gasteiger partial charge < -0.3 is 14.6 Å². The molecule has 0 saturated carbocycles. The average molecular weight is 373 g/mol. The number of nitrogens with one attached hydrogen (secondary N) is 1. The molecular formula is C13H15N3O8S. The molecule has 3 heterocycles. The molecule has 3 rings (SSSR count). The molecule has 136 valence electrons. The maximum Gasteiger partial charge on any atom is 0.418 e. The van der Waals surface area contributed by atoms with Crippen LogP contribution in [0.4, 0.5) is 4.79 Å². The molecule has 11 nitrogen and oxygen atoms in total. The van der Waals surface area contributed by atoms with E-state index in [9.17, 15) is 22.8 Å². The second-order valence-corrected chi connectivity index (χ2v) is 6.67. The van der Waals surface area contributed by atoms with E-state index in [1.165, 1.54) is 18.6 Å². The fraction of sp³-hybridized carbons (Fsp3) is 0.462. The van der Waals surface area contributed by atoms with Crippen LogP contribution in [-0.2, 0) is 19.5 Å². The molecule has 2 N–H and O–H groups in total. The van der Waals surface area contributed by atoms with Gasteiger partial charge in [-0.25, -0.2) is 4.79 Å². The van der Waals surface area contributed by atoms with E-state index in [-0.39, 0.29) is 25.3 Å². The van der Waals surface area contributed by atoms with E-state index in [0.717, 1.165) is 4.90 Å². The van der Waals surface area contributed by atoms with Crippen LogP contribution in [0.15, 0.2) is 23.0 Å². The molecule has 2 aliphatic rings. The number of hydrogen-bond acceptors (Lipinski definition) is 7. The molecule has 2 bridgehead atoms. The van der Waals surface area contributed by atoms with Crippen molar-refractivity contribution in [3.05, 3.63) is 24.2 Å². The summed E-state index contributed by atoms with van der Waals surface area (Å²) in [4.78, 5) is 37.5. The van der Waals surface area contributed by atoms with Gasteiger partial charge in [-0.15, -0.1) is 4.28 Å². The molecule has 0 spiro atoms. The minimum atomic E-state index is -4.84. The van der Waals surface area contributed by atoms with Crippen molar-refractivity contribution in [1.82, 2.24) is 15.3 Å². The highest BCUT2D eigenvalue weighted by atomic mass is 32.3. The van der Waals surface area contributed by atoms with Crippen LogP contribution in [0.1, 0.15) is 23.2 Å². The molecule has 2 aliphatic heterocycles. The molecule has 2 atom stereocenters. The number of carbonyl (C=O) groups is 3. The Balaban J connectivity index is 1.61. The molecule has 0 unspecified atom stereocenters. The molecule has 1 aromatic heterocycles.